The SMILES string of the molecule is Cn1cccc1C(=O)N[C@@H]1CC[C@H](F)C1. The number of amides is 1. The number of aryl methyl sites for hydroxylation is 1. The normalized spacial score (nSPS) is 25.5. The summed E-state index contributed by atoms with van der Waals surface area (Å²) in [5, 5.41) is 2.85. The van der Waals surface area contributed by atoms with Gasteiger partial charge in [0.05, 0.1) is 0 Å². The van der Waals surface area contributed by atoms with Crippen molar-refractivity contribution in [1.29, 1.82) is 0 Å². The maximum Gasteiger partial charge on any atom is 0.268 e. The van der Waals surface area contributed by atoms with Crippen LogP contribution in [0.15, 0.2) is 18.3 Å². The van der Waals surface area contributed by atoms with Gasteiger partial charge in [-0.2, -0.15) is 0 Å². The van der Waals surface area contributed by atoms with Gasteiger partial charge in [-0.15, -0.1) is 0 Å². The summed E-state index contributed by atoms with van der Waals surface area (Å²) in [6.07, 6.45) is 2.84. The van der Waals surface area contributed by atoms with Crippen molar-refractivity contribution in [3.05, 3.63) is 24.0 Å². The average molecular weight is 210 g/mol. The van der Waals surface area contributed by atoms with Crippen LogP contribution in [-0.2, 0) is 7.05 Å². The average Bonchev–Trinajstić information content (AvgIpc) is 2.75. The molecule has 15 heavy (non-hydrogen) atoms. The highest BCUT2D eigenvalue weighted by Gasteiger charge is 2.26. The number of carbonyl (C=O) groups is 1. The fourth-order valence-electron chi connectivity index (χ4n) is 2.01. The van der Waals surface area contributed by atoms with E-state index in [4.69, 9.17) is 0 Å². The Balaban J connectivity index is 1.96. The van der Waals surface area contributed by atoms with Crippen LogP contribution in [0.2, 0.25) is 0 Å². The molecule has 0 spiro atoms. The Hall–Kier alpha value is -1.32. The number of hydrogen-bond acceptors (Lipinski definition) is 1. The first-order valence-electron chi connectivity index (χ1n) is 5.23. The van der Waals surface area contributed by atoms with Gasteiger partial charge in [-0.05, 0) is 31.4 Å². The summed E-state index contributed by atoms with van der Waals surface area (Å²) < 4.78 is 14.7. The minimum absolute atomic E-state index is 0.00222. The molecular formula is C11H15FN2O. The fraction of sp³-hybridized carbons (Fsp3) is 0.545. The highest BCUT2D eigenvalue weighted by molar-refractivity contribution is 5.92. The Bertz CT molecular complexity index is 361. The van der Waals surface area contributed by atoms with E-state index in [-0.39, 0.29) is 11.9 Å². The summed E-state index contributed by atoms with van der Waals surface area (Å²) in [4.78, 5) is 11.7. The second kappa shape index (κ2) is 4.04. The smallest absolute Gasteiger partial charge is 0.268 e. The molecule has 1 heterocycles. The third-order valence-electron chi connectivity index (χ3n) is 2.88. The number of nitrogens with zero attached hydrogens (tertiary/aromatic N) is 1. The van der Waals surface area contributed by atoms with Crippen LogP contribution >= 0.6 is 0 Å². The molecule has 1 N–H and O–H groups in total. The van der Waals surface area contributed by atoms with Gasteiger partial charge in [0.1, 0.15) is 11.9 Å². The van der Waals surface area contributed by atoms with Crippen molar-refractivity contribution in [2.24, 2.45) is 7.05 Å². The molecule has 0 unspecified atom stereocenters. The van der Waals surface area contributed by atoms with Gasteiger partial charge in [0.2, 0.25) is 0 Å². The van der Waals surface area contributed by atoms with E-state index in [2.05, 4.69) is 5.32 Å². The molecule has 1 aliphatic rings. The lowest BCUT2D eigenvalue weighted by atomic mass is 10.2. The summed E-state index contributed by atoms with van der Waals surface area (Å²) in [5.41, 5.74) is 0.623. The molecule has 4 heteroatoms. The number of halogens is 1. The highest BCUT2D eigenvalue weighted by Crippen LogP contribution is 2.22. The first kappa shape index (κ1) is 10.2. The fourth-order valence-corrected chi connectivity index (χ4v) is 2.01. The molecule has 0 aliphatic heterocycles. The standard InChI is InChI=1S/C11H15FN2O/c1-14-6-2-3-10(14)11(15)13-9-5-4-8(12)7-9/h2-3,6,8-9H,4-5,7H2,1H3,(H,13,15)/t8-,9+/m0/s1. The van der Waals surface area contributed by atoms with Crippen molar-refractivity contribution >= 4 is 5.91 Å². The summed E-state index contributed by atoms with van der Waals surface area (Å²) >= 11 is 0. The number of nitrogens with one attached hydrogen (secondary N) is 1. The predicted octanol–water partition coefficient (Wildman–Crippen LogP) is 1.65. The van der Waals surface area contributed by atoms with Crippen LogP contribution in [0.5, 0.6) is 0 Å². The van der Waals surface area contributed by atoms with Gasteiger partial charge in [0.25, 0.3) is 5.91 Å². The van der Waals surface area contributed by atoms with E-state index in [1.54, 1.807) is 10.6 Å². The van der Waals surface area contributed by atoms with E-state index in [9.17, 15) is 9.18 Å². The molecule has 0 aromatic carbocycles. The summed E-state index contributed by atoms with van der Waals surface area (Å²) in [5.74, 6) is -0.110. The zero-order chi connectivity index (χ0) is 10.8. The van der Waals surface area contributed by atoms with Crippen molar-refractivity contribution in [3.8, 4) is 0 Å². The third kappa shape index (κ3) is 2.19. The van der Waals surface area contributed by atoms with Gasteiger partial charge in [-0.25, -0.2) is 4.39 Å². The first-order chi connectivity index (χ1) is 7.16. The molecule has 0 saturated heterocycles. The Labute approximate surface area is 88.3 Å². The van der Waals surface area contributed by atoms with E-state index >= 15 is 0 Å². The zero-order valence-electron chi connectivity index (χ0n) is 8.74. The van der Waals surface area contributed by atoms with E-state index < -0.39 is 6.17 Å². The van der Waals surface area contributed by atoms with Crippen LogP contribution in [0.3, 0.4) is 0 Å². The monoisotopic (exact) mass is 210 g/mol. The van der Waals surface area contributed by atoms with E-state index in [0.29, 0.717) is 18.5 Å². The van der Waals surface area contributed by atoms with E-state index in [1.807, 2.05) is 19.3 Å². The van der Waals surface area contributed by atoms with Gasteiger partial charge in [-0.3, -0.25) is 4.79 Å². The first-order valence-corrected chi connectivity index (χ1v) is 5.23. The van der Waals surface area contributed by atoms with Gasteiger partial charge in [0, 0.05) is 19.3 Å². The molecule has 1 saturated carbocycles. The van der Waals surface area contributed by atoms with E-state index in [0.717, 1.165) is 6.42 Å². The lowest BCUT2D eigenvalue weighted by Gasteiger charge is -2.12. The molecule has 1 aromatic heterocycles. The molecular weight excluding hydrogens is 195 g/mol. The van der Waals surface area contributed by atoms with Crippen molar-refractivity contribution < 1.29 is 9.18 Å². The molecule has 1 aliphatic carbocycles. The molecule has 1 fully saturated rings. The van der Waals surface area contributed by atoms with Crippen LogP contribution in [0.1, 0.15) is 29.8 Å². The number of carbonyl (C=O) groups excluding carboxylic acids is 1. The Kier molecular flexibility index (Phi) is 2.75. The van der Waals surface area contributed by atoms with E-state index in [1.165, 1.54) is 0 Å². The molecule has 2 rings (SSSR count). The molecule has 0 radical (unpaired) electrons. The number of rotatable bonds is 2. The van der Waals surface area contributed by atoms with Crippen molar-refractivity contribution in [2.45, 2.75) is 31.5 Å². The van der Waals surface area contributed by atoms with Crippen molar-refractivity contribution in [2.75, 3.05) is 0 Å². The van der Waals surface area contributed by atoms with Crippen LogP contribution < -0.4 is 5.32 Å². The largest absolute Gasteiger partial charge is 0.348 e. The molecule has 2 atom stereocenters. The Morgan fingerprint density at radius 2 is 2.40 bits per heavy atom. The molecule has 0 bridgehead atoms. The number of aromatic nitrogens is 1. The Morgan fingerprint density at radius 1 is 1.60 bits per heavy atom. The molecule has 3 nitrogen and oxygen atoms in total. The molecule has 82 valence electrons. The van der Waals surface area contributed by atoms with Gasteiger partial charge in [-0.1, -0.05) is 0 Å². The molecule has 1 aromatic rings. The summed E-state index contributed by atoms with van der Waals surface area (Å²) in [6, 6.07) is 3.58. The van der Waals surface area contributed by atoms with Gasteiger partial charge >= 0.3 is 0 Å². The second-order valence-electron chi connectivity index (χ2n) is 4.09. The van der Waals surface area contributed by atoms with Crippen LogP contribution in [0.25, 0.3) is 0 Å². The van der Waals surface area contributed by atoms with Gasteiger partial charge in [0.15, 0.2) is 0 Å². The third-order valence-corrected chi connectivity index (χ3v) is 2.88. The predicted molar refractivity (Wildman–Crippen MR) is 55.4 cm³/mol. The Morgan fingerprint density at radius 3 is 2.93 bits per heavy atom. The quantitative estimate of drug-likeness (QED) is 0.791. The lowest BCUT2D eigenvalue weighted by molar-refractivity contribution is 0.0928. The van der Waals surface area contributed by atoms with Crippen LogP contribution in [0.4, 0.5) is 4.39 Å². The van der Waals surface area contributed by atoms with Crippen molar-refractivity contribution in [1.82, 2.24) is 9.88 Å². The molecule has 1 amide bonds. The summed E-state index contributed by atoms with van der Waals surface area (Å²) in [6.45, 7) is 0. The topological polar surface area (TPSA) is 34.0 Å². The number of hydrogen-bond donors (Lipinski definition) is 1. The maximum atomic E-state index is 12.9. The highest BCUT2D eigenvalue weighted by atomic mass is 19.1. The second-order valence-corrected chi connectivity index (χ2v) is 4.09. The minimum Gasteiger partial charge on any atom is -0.348 e. The minimum atomic E-state index is -0.747. The summed E-state index contributed by atoms with van der Waals surface area (Å²) in [7, 11) is 1.82. The van der Waals surface area contributed by atoms with Crippen LogP contribution in [-0.4, -0.2) is 22.7 Å². The lowest BCUT2D eigenvalue weighted by Crippen LogP contribution is -2.34. The van der Waals surface area contributed by atoms with Crippen LogP contribution in [0, 0.1) is 0 Å². The van der Waals surface area contributed by atoms with Crippen molar-refractivity contribution in [3.63, 3.8) is 0 Å². The zero-order valence-corrected chi connectivity index (χ0v) is 8.74. The number of alkyl halides is 1. The van der Waals surface area contributed by atoms with Gasteiger partial charge < -0.3 is 9.88 Å². The maximum absolute atomic E-state index is 12.9.